The lowest BCUT2D eigenvalue weighted by Gasteiger charge is -2.16. The van der Waals surface area contributed by atoms with Crippen LogP contribution in [0.1, 0.15) is 19.3 Å². The molecule has 0 saturated heterocycles. The molecule has 0 heterocycles. The van der Waals surface area contributed by atoms with Gasteiger partial charge >= 0.3 is 0 Å². The maximum absolute atomic E-state index is 2.40. The molecule has 0 fully saturated rings. The average Bonchev–Trinajstić information content (AvgIpc) is 3.02. The van der Waals surface area contributed by atoms with Crippen LogP contribution in [0.3, 0.4) is 0 Å². The van der Waals surface area contributed by atoms with Crippen molar-refractivity contribution in [1.29, 1.82) is 0 Å². The van der Waals surface area contributed by atoms with E-state index in [1.165, 1.54) is 0 Å². The molecule has 79 valence electrons. The zero-order valence-corrected chi connectivity index (χ0v) is 10.3. The van der Waals surface area contributed by atoms with Crippen molar-refractivity contribution in [2.75, 3.05) is 0 Å². The van der Waals surface area contributed by atoms with Gasteiger partial charge in [0.1, 0.15) is 0 Å². The monoisotopic (exact) mass is 223 g/mol. The fourth-order valence-corrected chi connectivity index (χ4v) is 5.25. The molecule has 0 aromatic heterocycles. The van der Waals surface area contributed by atoms with E-state index in [-0.39, 0.29) is 0 Å². The van der Waals surface area contributed by atoms with Gasteiger partial charge in [0.25, 0.3) is 0 Å². The van der Waals surface area contributed by atoms with Gasteiger partial charge < -0.3 is 0 Å². The van der Waals surface area contributed by atoms with Crippen LogP contribution in [0.15, 0.2) is 70.3 Å². The second-order valence-corrected chi connectivity index (χ2v) is 6.75. The van der Waals surface area contributed by atoms with Gasteiger partial charge in [-0.1, -0.05) is 70.3 Å². The highest BCUT2D eigenvalue weighted by molar-refractivity contribution is 6.82. The van der Waals surface area contributed by atoms with Gasteiger partial charge in [0.15, 0.2) is 8.80 Å². The summed E-state index contributed by atoms with van der Waals surface area (Å²) in [5.74, 6) is 0. The zero-order valence-electron chi connectivity index (χ0n) is 9.32. The molecule has 3 aliphatic carbocycles. The van der Waals surface area contributed by atoms with Gasteiger partial charge in [0, 0.05) is 0 Å². The second-order valence-electron chi connectivity index (χ2n) is 4.27. The van der Waals surface area contributed by atoms with E-state index in [9.17, 15) is 0 Å². The highest BCUT2D eigenvalue weighted by atomic mass is 28.3. The molecule has 0 atom stereocenters. The quantitative estimate of drug-likeness (QED) is 0.639. The molecule has 0 aromatic carbocycles. The van der Waals surface area contributed by atoms with Crippen LogP contribution in [-0.4, -0.2) is 8.80 Å². The molecule has 1 heteroatoms. The first-order chi connectivity index (χ1) is 7.95. The molecular weight excluding hydrogens is 208 g/mol. The summed E-state index contributed by atoms with van der Waals surface area (Å²) >= 11 is 0. The lowest BCUT2D eigenvalue weighted by atomic mass is 10.5. The van der Waals surface area contributed by atoms with E-state index in [2.05, 4.69) is 54.7 Å². The van der Waals surface area contributed by atoms with Crippen molar-refractivity contribution in [1.82, 2.24) is 0 Å². The van der Waals surface area contributed by atoms with Gasteiger partial charge in [-0.2, -0.15) is 0 Å². The summed E-state index contributed by atoms with van der Waals surface area (Å²) < 4.78 is 0. The normalized spacial score (nSPS) is 21.9. The minimum Gasteiger partial charge on any atom is -0.0809 e. The van der Waals surface area contributed by atoms with Gasteiger partial charge in [-0.05, 0) is 19.3 Å². The van der Waals surface area contributed by atoms with Crippen molar-refractivity contribution in [2.24, 2.45) is 0 Å². The molecule has 0 aliphatic heterocycles. The van der Waals surface area contributed by atoms with Crippen molar-refractivity contribution >= 4 is 8.80 Å². The van der Waals surface area contributed by atoms with E-state index in [1.807, 2.05) is 0 Å². The van der Waals surface area contributed by atoms with Gasteiger partial charge in [-0.15, -0.1) is 0 Å². The Morgan fingerprint density at radius 2 is 1.00 bits per heavy atom. The molecular formula is C15H15Si. The summed E-state index contributed by atoms with van der Waals surface area (Å²) in [6.07, 6.45) is 24.4. The Morgan fingerprint density at radius 3 is 1.25 bits per heavy atom. The molecule has 1 radical (unpaired) electrons. The van der Waals surface area contributed by atoms with Crippen molar-refractivity contribution in [3.63, 3.8) is 0 Å². The first kappa shape index (κ1) is 9.85. The number of hydrogen-bond acceptors (Lipinski definition) is 0. The third-order valence-electron chi connectivity index (χ3n) is 3.18. The highest BCUT2D eigenvalue weighted by Gasteiger charge is 2.24. The standard InChI is InChI=1S/C15H15Si/c1-2-8-13(7-1)16(14-9-3-4-10-14)15-11-5-6-12-15/h1,3,5,7-12H,2,4,6H2. The topological polar surface area (TPSA) is 0 Å². The van der Waals surface area contributed by atoms with Crippen LogP contribution in [0.5, 0.6) is 0 Å². The number of rotatable bonds is 3. The van der Waals surface area contributed by atoms with Gasteiger partial charge in [0.2, 0.25) is 0 Å². The Labute approximate surface area is 98.7 Å². The maximum Gasteiger partial charge on any atom is 0.153 e. The zero-order chi connectivity index (χ0) is 10.8. The third-order valence-corrected chi connectivity index (χ3v) is 6.02. The second kappa shape index (κ2) is 4.26. The third kappa shape index (κ3) is 1.72. The van der Waals surface area contributed by atoms with Crippen molar-refractivity contribution in [3.05, 3.63) is 70.3 Å². The Kier molecular flexibility index (Phi) is 2.62. The maximum atomic E-state index is 2.40. The van der Waals surface area contributed by atoms with E-state index in [0.717, 1.165) is 19.3 Å². The first-order valence-electron chi connectivity index (χ1n) is 5.93. The van der Waals surface area contributed by atoms with Crippen LogP contribution >= 0.6 is 0 Å². The summed E-state index contributed by atoms with van der Waals surface area (Å²) in [6.45, 7) is 0. The average molecular weight is 223 g/mol. The minimum atomic E-state index is -0.655. The lowest BCUT2D eigenvalue weighted by molar-refractivity contribution is 1.44. The molecule has 0 unspecified atom stereocenters. The SMILES string of the molecule is C1=CC([Si](C2=CCC=C2)C2=CCC=C2)=CC1. The molecule has 0 spiro atoms. The van der Waals surface area contributed by atoms with E-state index in [0.29, 0.717) is 0 Å². The summed E-state index contributed by atoms with van der Waals surface area (Å²) in [6, 6.07) is 0. The fraction of sp³-hybridized carbons (Fsp3) is 0.200. The highest BCUT2D eigenvalue weighted by Crippen LogP contribution is 2.29. The molecule has 0 N–H and O–H groups in total. The Morgan fingerprint density at radius 1 is 0.625 bits per heavy atom. The van der Waals surface area contributed by atoms with Crippen molar-refractivity contribution in [2.45, 2.75) is 19.3 Å². The Bertz CT molecular complexity index is 398. The smallest absolute Gasteiger partial charge is 0.0809 e. The summed E-state index contributed by atoms with van der Waals surface area (Å²) in [7, 11) is -0.655. The van der Waals surface area contributed by atoms with Gasteiger partial charge in [0.05, 0.1) is 0 Å². The summed E-state index contributed by atoms with van der Waals surface area (Å²) in [5, 5.41) is 4.71. The molecule has 16 heavy (non-hydrogen) atoms. The van der Waals surface area contributed by atoms with E-state index in [1.54, 1.807) is 15.6 Å². The van der Waals surface area contributed by atoms with Crippen LogP contribution in [0.25, 0.3) is 0 Å². The van der Waals surface area contributed by atoms with Gasteiger partial charge in [-0.25, -0.2) is 0 Å². The minimum absolute atomic E-state index is 0.655. The van der Waals surface area contributed by atoms with Crippen LogP contribution in [-0.2, 0) is 0 Å². The molecule has 0 amide bonds. The Balaban J connectivity index is 1.97. The summed E-state index contributed by atoms with van der Waals surface area (Å²) in [4.78, 5) is 0. The molecule has 0 nitrogen and oxygen atoms in total. The predicted molar refractivity (Wildman–Crippen MR) is 71.3 cm³/mol. The number of allylic oxidation sites excluding steroid dienone is 12. The fourth-order valence-electron chi connectivity index (χ4n) is 2.43. The molecule has 3 rings (SSSR count). The van der Waals surface area contributed by atoms with Crippen LogP contribution in [0.4, 0.5) is 0 Å². The first-order valence-corrected chi connectivity index (χ1v) is 7.43. The van der Waals surface area contributed by atoms with Crippen molar-refractivity contribution in [3.8, 4) is 0 Å². The molecule has 0 aromatic rings. The van der Waals surface area contributed by atoms with Crippen LogP contribution < -0.4 is 0 Å². The van der Waals surface area contributed by atoms with Crippen LogP contribution in [0, 0.1) is 0 Å². The molecule has 0 saturated carbocycles. The van der Waals surface area contributed by atoms with E-state index in [4.69, 9.17) is 0 Å². The lowest BCUT2D eigenvalue weighted by Crippen LogP contribution is -2.19. The number of hydrogen-bond donors (Lipinski definition) is 0. The molecule has 3 aliphatic rings. The summed E-state index contributed by atoms with van der Waals surface area (Å²) in [5.41, 5.74) is 0. The molecule has 0 bridgehead atoms. The van der Waals surface area contributed by atoms with Gasteiger partial charge in [-0.3, -0.25) is 0 Å². The van der Waals surface area contributed by atoms with E-state index < -0.39 is 8.80 Å². The largest absolute Gasteiger partial charge is 0.153 e. The van der Waals surface area contributed by atoms with Crippen molar-refractivity contribution < 1.29 is 0 Å². The Hall–Kier alpha value is -1.34. The van der Waals surface area contributed by atoms with E-state index >= 15 is 0 Å². The predicted octanol–water partition coefficient (Wildman–Crippen LogP) is 3.76. The van der Waals surface area contributed by atoms with Crippen LogP contribution in [0.2, 0.25) is 0 Å².